The molecule has 0 heterocycles. The maximum atomic E-state index is 13.8. The number of aliphatic hydroxyl groups excluding tert-OH is 1. The van der Waals surface area contributed by atoms with Crippen LogP contribution in [0.1, 0.15) is 45.1 Å². The van der Waals surface area contributed by atoms with Crippen LogP contribution < -0.4 is 0 Å². The van der Waals surface area contributed by atoms with E-state index in [-0.39, 0.29) is 18.4 Å². The molecule has 0 fully saturated rings. The molecule has 0 atom stereocenters. The van der Waals surface area contributed by atoms with Gasteiger partial charge in [-0.25, -0.2) is 9.18 Å². The summed E-state index contributed by atoms with van der Waals surface area (Å²) >= 11 is 0. The number of carbonyl (C=O) groups excluding carboxylic acids is 1. The zero-order valence-electron chi connectivity index (χ0n) is 12.7. The number of allylic oxidation sites excluding steroid dienone is 1. The lowest BCUT2D eigenvalue weighted by Crippen LogP contribution is -2.13. The monoisotopic (exact) mass is 294 g/mol. The third kappa shape index (κ3) is 4.97. The Balaban J connectivity index is 0.000000677. The number of carbonyl (C=O) groups is 1. The van der Waals surface area contributed by atoms with Crippen LogP contribution in [0.15, 0.2) is 29.8 Å². The Bertz CT molecular complexity index is 495. The summed E-state index contributed by atoms with van der Waals surface area (Å²) in [6.45, 7) is 4.07. The van der Waals surface area contributed by atoms with Crippen molar-refractivity contribution in [1.82, 2.24) is 0 Å². The summed E-state index contributed by atoms with van der Waals surface area (Å²) in [7, 11) is 0. The molecule has 1 aliphatic rings. The predicted octanol–water partition coefficient (Wildman–Crippen LogP) is 3.72. The third-order valence-corrected chi connectivity index (χ3v) is 3.19. The summed E-state index contributed by atoms with van der Waals surface area (Å²) in [6, 6.07) is 6.62. The Kier molecular flexibility index (Phi) is 7.69. The normalized spacial score (nSPS) is 14.3. The first-order chi connectivity index (χ1) is 10.2. The van der Waals surface area contributed by atoms with Gasteiger partial charge in [0.25, 0.3) is 0 Å². The summed E-state index contributed by atoms with van der Waals surface area (Å²) < 4.78 is 18.9. The highest BCUT2D eigenvalue weighted by atomic mass is 19.1. The van der Waals surface area contributed by atoms with Gasteiger partial charge in [-0.15, -0.1) is 0 Å². The van der Waals surface area contributed by atoms with E-state index in [4.69, 9.17) is 9.84 Å². The van der Waals surface area contributed by atoms with Crippen molar-refractivity contribution in [2.45, 2.75) is 39.5 Å². The minimum Gasteiger partial charge on any atom is -0.463 e. The van der Waals surface area contributed by atoms with E-state index in [9.17, 15) is 9.18 Å². The second kappa shape index (κ2) is 9.29. The van der Waals surface area contributed by atoms with Gasteiger partial charge >= 0.3 is 5.97 Å². The topological polar surface area (TPSA) is 46.5 Å². The average Bonchev–Trinajstić information content (AvgIpc) is 2.49. The van der Waals surface area contributed by atoms with Gasteiger partial charge in [-0.3, -0.25) is 0 Å². The van der Waals surface area contributed by atoms with Crippen LogP contribution in [-0.2, 0) is 9.53 Å². The van der Waals surface area contributed by atoms with Crippen molar-refractivity contribution in [2.75, 3.05) is 13.2 Å². The van der Waals surface area contributed by atoms with Gasteiger partial charge in [0, 0.05) is 17.7 Å². The molecule has 1 aromatic carbocycles. The molecule has 1 aromatic rings. The highest BCUT2D eigenvalue weighted by molar-refractivity contribution is 5.98. The lowest BCUT2D eigenvalue weighted by atomic mass is 9.87. The van der Waals surface area contributed by atoms with Crippen LogP contribution in [0.25, 0.3) is 5.57 Å². The van der Waals surface area contributed by atoms with Crippen molar-refractivity contribution < 1.29 is 19.0 Å². The van der Waals surface area contributed by atoms with Gasteiger partial charge in [-0.05, 0) is 51.2 Å². The maximum absolute atomic E-state index is 13.8. The van der Waals surface area contributed by atoms with E-state index < -0.39 is 0 Å². The van der Waals surface area contributed by atoms with Crippen molar-refractivity contribution in [3.63, 3.8) is 0 Å². The summed E-state index contributed by atoms with van der Waals surface area (Å²) in [4.78, 5) is 11.9. The minimum atomic E-state index is -0.296. The van der Waals surface area contributed by atoms with Gasteiger partial charge in [0.2, 0.25) is 0 Å². The summed E-state index contributed by atoms with van der Waals surface area (Å²) in [5, 5.41) is 7.57. The van der Waals surface area contributed by atoms with Crippen molar-refractivity contribution in [3.05, 3.63) is 41.2 Å². The zero-order valence-corrected chi connectivity index (χ0v) is 12.7. The molecular formula is C17H23FO3. The molecule has 1 N–H and O–H groups in total. The van der Waals surface area contributed by atoms with Crippen molar-refractivity contribution >= 4 is 11.5 Å². The average molecular weight is 294 g/mol. The van der Waals surface area contributed by atoms with Crippen LogP contribution in [0.2, 0.25) is 0 Å². The molecule has 1 aliphatic carbocycles. The smallest absolute Gasteiger partial charge is 0.334 e. The van der Waals surface area contributed by atoms with Crippen LogP contribution in [0, 0.1) is 5.82 Å². The van der Waals surface area contributed by atoms with E-state index in [1.165, 1.54) is 6.07 Å². The Hall–Kier alpha value is -1.68. The summed E-state index contributed by atoms with van der Waals surface area (Å²) in [5.41, 5.74) is 2.01. The van der Waals surface area contributed by atoms with Crippen molar-refractivity contribution in [2.24, 2.45) is 0 Å². The molecule has 0 saturated heterocycles. The number of ether oxygens (including phenoxy) is 1. The molecule has 0 saturated carbocycles. The predicted molar refractivity (Wildman–Crippen MR) is 81.2 cm³/mol. The fourth-order valence-corrected chi connectivity index (χ4v) is 2.35. The number of aliphatic hydroxyl groups is 1. The largest absolute Gasteiger partial charge is 0.463 e. The molecule has 0 aliphatic heterocycles. The lowest BCUT2D eigenvalue weighted by molar-refractivity contribution is -0.138. The van der Waals surface area contributed by atoms with Crippen LogP contribution in [0.5, 0.6) is 0 Å². The van der Waals surface area contributed by atoms with Crippen molar-refractivity contribution in [3.8, 4) is 0 Å². The SMILES string of the molecule is CCO.CCOC(=O)C1=C(c2ccccc2F)CCCC1. The van der Waals surface area contributed by atoms with Gasteiger partial charge in [-0.2, -0.15) is 0 Å². The van der Waals surface area contributed by atoms with E-state index in [0.29, 0.717) is 24.2 Å². The Morgan fingerprint density at radius 2 is 1.86 bits per heavy atom. The summed E-state index contributed by atoms with van der Waals surface area (Å²) in [5.74, 6) is -0.563. The highest BCUT2D eigenvalue weighted by Gasteiger charge is 2.22. The Morgan fingerprint density at radius 3 is 2.48 bits per heavy atom. The lowest BCUT2D eigenvalue weighted by Gasteiger charge is -2.19. The molecule has 0 bridgehead atoms. The minimum absolute atomic E-state index is 0.250. The Morgan fingerprint density at radius 1 is 1.24 bits per heavy atom. The summed E-state index contributed by atoms with van der Waals surface area (Å²) in [6.07, 6.45) is 3.39. The van der Waals surface area contributed by atoms with E-state index >= 15 is 0 Å². The fourth-order valence-electron chi connectivity index (χ4n) is 2.35. The number of benzene rings is 1. The van der Waals surface area contributed by atoms with Gasteiger partial charge < -0.3 is 9.84 Å². The van der Waals surface area contributed by atoms with Gasteiger partial charge in [0.05, 0.1) is 6.61 Å². The van der Waals surface area contributed by atoms with Crippen LogP contribution >= 0.6 is 0 Å². The molecule has 21 heavy (non-hydrogen) atoms. The molecule has 0 radical (unpaired) electrons. The first-order valence-corrected chi connectivity index (χ1v) is 7.40. The molecule has 3 nitrogen and oxygen atoms in total. The number of esters is 1. The fraction of sp³-hybridized carbons (Fsp3) is 0.471. The van der Waals surface area contributed by atoms with E-state index in [1.807, 2.05) is 0 Å². The van der Waals surface area contributed by atoms with E-state index in [2.05, 4.69) is 0 Å². The molecule has 0 spiro atoms. The second-order valence-electron chi connectivity index (χ2n) is 4.68. The maximum Gasteiger partial charge on any atom is 0.334 e. The van der Waals surface area contributed by atoms with Crippen LogP contribution in [0.4, 0.5) is 4.39 Å². The van der Waals surface area contributed by atoms with Crippen molar-refractivity contribution in [1.29, 1.82) is 0 Å². The second-order valence-corrected chi connectivity index (χ2v) is 4.68. The number of rotatable bonds is 3. The van der Waals surface area contributed by atoms with E-state index in [1.54, 1.807) is 32.0 Å². The molecule has 0 amide bonds. The first-order valence-electron chi connectivity index (χ1n) is 7.40. The number of halogens is 1. The van der Waals surface area contributed by atoms with Crippen LogP contribution in [0.3, 0.4) is 0 Å². The molecule has 0 aromatic heterocycles. The standard InChI is InChI=1S/C15H17FO2.C2H6O/c1-2-18-15(17)13-9-4-3-7-11(13)12-8-5-6-10-14(12)16;1-2-3/h5-6,8,10H,2-4,7,9H2,1H3;3H,2H2,1H3. The van der Waals surface area contributed by atoms with Gasteiger partial charge in [0.1, 0.15) is 5.82 Å². The van der Waals surface area contributed by atoms with Crippen LogP contribution in [-0.4, -0.2) is 24.3 Å². The third-order valence-electron chi connectivity index (χ3n) is 3.19. The molecule has 2 rings (SSSR count). The zero-order chi connectivity index (χ0) is 15.7. The molecule has 4 heteroatoms. The van der Waals surface area contributed by atoms with E-state index in [0.717, 1.165) is 24.8 Å². The molecule has 116 valence electrons. The highest BCUT2D eigenvalue weighted by Crippen LogP contribution is 2.34. The first kappa shape index (κ1) is 17.4. The van der Waals surface area contributed by atoms with Gasteiger partial charge in [-0.1, -0.05) is 18.2 Å². The Labute approximate surface area is 125 Å². The molecular weight excluding hydrogens is 271 g/mol. The van der Waals surface area contributed by atoms with Gasteiger partial charge in [0.15, 0.2) is 0 Å². The molecule has 0 unspecified atom stereocenters. The quantitative estimate of drug-likeness (QED) is 0.864. The number of hydrogen-bond acceptors (Lipinski definition) is 3. The number of hydrogen-bond donors (Lipinski definition) is 1.